The van der Waals surface area contributed by atoms with Gasteiger partial charge in [0.25, 0.3) is 0 Å². The van der Waals surface area contributed by atoms with Crippen molar-refractivity contribution in [1.82, 2.24) is 4.90 Å². The van der Waals surface area contributed by atoms with Crippen LogP contribution in [0.15, 0.2) is 41.4 Å². The maximum Gasteiger partial charge on any atom is 0.246 e. The maximum absolute atomic E-state index is 11.7. The smallest absolute Gasteiger partial charge is 0.246 e. The zero-order valence-corrected chi connectivity index (χ0v) is 10.6. The van der Waals surface area contributed by atoms with Gasteiger partial charge >= 0.3 is 0 Å². The minimum absolute atomic E-state index is 0.0301. The molecule has 0 spiro atoms. The fourth-order valence-electron chi connectivity index (χ4n) is 2.21. The molecule has 1 heterocycles. The number of carbonyl (C=O) groups is 1. The van der Waals surface area contributed by atoms with E-state index in [0.717, 1.165) is 23.9 Å². The number of nitrogens with zero attached hydrogens (tertiary/aromatic N) is 1. The van der Waals surface area contributed by atoms with E-state index >= 15 is 0 Å². The average Bonchev–Trinajstić information content (AvgIpc) is 2.77. The van der Waals surface area contributed by atoms with Gasteiger partial charge in [0.1, 0.15) is 0 Å². The van der Waals surface area contributed by atoms with Crippen LogP contribution in [0.1, 0.15) is 24.4 Å². The molecule has 1 aromatic rings. The first-order valence-corrected chi connectivity index (χ1v) is 6.20. The molecule has 1 saturated heterocycles. The SMILES string of the molecule is C=CC(=O)N1CCCC1c1cccc(Br)c1. The van der Waals surface area contributed by atoms with E-state index in [9.17, 15) is 4.79 Å². The van der Waals surface area contributed by atoms with Crippen LogP contribution in [-0.4, -0.2) is 17.4 Å². The van der Waals surface area contributed by atoms with Crippen LogP contribution in [0, 0.1) is 0 Å². The molecule has 0 radical (unpaired) electrons. The summed E-state index contributed by atoms with van der Waals surface area (Å²) in [5.74, 6) is 0.0301. The van der Waals surface area contributed by atoms with Crippen LogP contribution in [0.5, 0.6) is 0 Å². The lowest BCUT2D eigenvalue weighted by molar-refractivity contribution is -0.126. The number of rotatable bonds is 2. The van der Waals surface area contributed by atoms with Gasteiger partial charge in [-0.15, -0.1) is 0 Å². The second-order valence-electron chi connectivity index (χ2n) is 3.95. The Bertz CT molecular complexity index is 416. The summed E-state index contributed by atoms with van der Waals surface area (Å²) in [4.78, 5) is 13.6. The van der Waals surface area contributed by atoms with Crippen LogP contribution in [-0.2, 0) is 4.79 Å². The Morgan fingerprint density at radius 2 is 2.38 bits per heavy atom. The Hall–Kier alpha value is -1.09. The summed E-state index contributed by atoms with van der Waals surface area (Å²) in [5, 5.41) is 0. The summed E-state index contributed by atoms with van der Waals surface area (Å²) in [5.41, 5.74) is 1.20. The van der Waals surface area contributed by atoms with Crippen molar-refractivity contribution in [3.8, 4) is 0 Å². The number of hydrogen-bond acceptors (Lipinski definition) is 1. The highest BCUT2D eigenvalue weighted by molar-refractivity contribution is 9.10. The van der Waals surface area contributed by atoms with Gasteiger partial charge in [0.05, 0.1) is 6.04 Å². The van der Waals surface area contributed by atoms with Crippen molar-refractivity contribution in [2.24, 2.45) is 0 Å². The van der Waals surface area contributed by atoms with Gasteiger partial charge in [-0.2, -0.15) is 0 Å². The molecule has 16 heavy (non-hydrogen) atoms. The predicted octanol–water partition coefficient (Wildman–Crippen LogP) is 3.30. The van der Waals surface area contributed by atoms with Gasteiger partial charge in [0.15, 0.2) is 0 Å². The highest BCUT2D eigenvalue weighted by Gasteiger charge is 2.28. The molecule has 1 aromatic carbocycles. The van der Waals surface area contributed by atoms with Gasteiger partial charge < -0.3 is 4.90 Å². The summed E-state index contributed by atoms with van der Waals surface area (Å²) in [6.07, 6.45) is 3.50. The first-order chi connectivity index (χ1) is 7.72. The average molecular weight is 280 g/mol. The molecule has 0 aromatic heterocycles. The van der Waals surface area contributed by atoms with Crippen LogP contribution in [0.3, 0.4) is 0 Å². The Kier molecular flexibility index (Phi) is 3.44. The third kappa shape index (κ3) is 2.19. The number of benzene rings is 1. The third-order valence-corrected chi connectivity index (χ3v) is 3.44. The normalized spacial score (nSPS) is 19.8. The number of hydrogen-bond donors (Lipinski definition) is 0. The molecule has 0 N–H and O–H groups in total. The van der Waals surface area contributed by atoms with E-state index in [-0.39, 0.29) is 11.9 Å². The second kappa shape index (κ2) is 4.83. The highest BCUT2D eigenvalue weighted by Crippen LogP contribution is 2.33. The topological polar surface area (TPSA) is 20.3 Å². The molecule has 84 valence electrons. The zero-order valence-electron chi connectivity index (χ0n) is 9.03. The van der Waals surface area contributed by atoms with Gasteiger partial charge in [-0.3, -0.25) is 4.79 Å². The summed E-state index contributed by atoms with van der Waals surface area (Å²) < 4.78 is 1.06. The molecule has 2 nitrogen and oxygen atoms in total. The molecule has 1 atom stereocenters. The van der Waals surface area contributed by atoms with Crippen molar-refractivity contribution in [1.29, 1.82) is 0 Å². The molecule has 1 fully saturated rings. The van der Waals surface area contributed by atoms with Crippen LogP contribution in [0.2, 0.25) is 0 Å². The molecule has 0 saturated carbocycles. The molecule has 1 aliphatic heterocycles. The Morgan fingerprint density at radius 1 is 1.56 bits per heavy atom. The van der Waals surface area contributed by atoms with Crippen molar-refractivity contribution in [2.75, 3.05) is 6.54 Å². The van der Waals surface area contributed by atoms with Crippen molar-refractivity contribution < 1.29 is 4.79 Å². The Labute approximate surface area is 104 Å². The monoisotopic (exact) mass is 279 g/mol. The largest absolute Gasteiger partial charge is 0.332 e. The molecule has 3 heteroatoms. The van der Waals surface area contributed by atoms with Gasteiger partial charge in [-0.25, -0.2) is 0 Å². The predicted molar refractivity (Wildman–Crippen MR) is 68.0 cm³/mol. The van der Waals surface area contributed by atoms with Crippen LogP contribution < -0.4 is 0 Å². The van der Waals surface area contributed by atoms with Crippen LogP contribution in [0.4, 0.5) is 0 Å². The lowest BCUT2D eigenvalue weighted by atomic mass is 10.0. The van der Waals surface area contributed by atoms with Gasteiger partial charge in [0, 0.05) is 11.0 Å². The molecule has 1 unspecified atom stereocenters. The second-order valence-corrected chi connectivity index (χ2v) is 4.86. The van der Waals surface area contributed by atoms with Crippen molar-refractivity contribution in [2.45, 2.75) is 18.9 Å². The van der Waals surface area contributed by atoms with E-state index < -0.39 is 0 Å². The van der Waals surface area contributed by atoms with Crippen LogP contribution >= 0.6 is 15.9 Å². The molecule has 0 bridgehead atoms. The zero-order chi connectivity index (χ0) is 11.5. The summed E-state index contributed by atoms with van der Waals surface area (Å²) in [6, 6.07) is 8.37. The first-order valence-electron chi connectivity index (χ1n) is 5.41. The Balaban J connectivity index is 2.26. The van der Waals surface area contributed by atoms with Crippen LogP contribution in [0.25, 0.3) is 0 Å². The molecular weight excluding hydrogens is 266 g/mol. The van der Waals surface area contributed by atoms with Gasteiger partial charge in [0.2, 0.25) is 5.91 Å². The van der Waals surface area contributed by atoms with E-state index in [2.05, 4.69) is 34.6 Å². The van der Waals surface area contributed by atoms with E-state index in [1.54, 1.807) is 0 Å². The lowest BCUT2D eigenvalue weighted by Gasteiger charge is -2.23. The summed E-state index contributed by atoms with van der Waals surface area (Å²) in [6.45, 7) is 4.39. The molecule has 0 aliphatic carbocycles. The highest BCUT2D eigenvalue weighted by atomic mass is 79.9. The van der Waals surface area contributed by atoms with E-state index in [4.69, 9.17) is 0 Å². The van der Waals surface area contributed by atoms with E-state index in [0.29, 0.717) is 0 Å². The maximum atomic E-state index is 11.7. The number of carbonyl (C=O) groups excluding carboxylic acids is 1. The summed E-state index contributed by atoms with van der Waals surface area (Å²) in [7, 11) is 0. The minimum atomic E-state index is 0.0301. The number of likely N-dealkylation sites (tertiary alicyclic amines) is 1. The van der Waals surface area contributed by atoms with E-state index in [1.807, 2.05) is 17.0 Å². The number of amides is 1. The first kappa shape index (κ1) is 11.4. The molecular formula is C13H14BrNO. The standard InChI is InChI=1S/C13H14BrNO/c1-2-13(16)15-8-4-7-12(15)10-5-3-6-11(14)9-10/h2-3,5-6,9,12H,1,4,7-8H2. The van der Waals surface area contributed by atoms with Gasteiger partial charge in [-0.1, -0.05) is 34.6 Å². The number of halogens is 1. The summed E-state index contributed by atoms with van der Waals surface area (Å²) >= 11 is 3.46. The van der Waals surface area contributed by atoms with Crippen molar-refractivity contribution in [3.05, 3.63) is 47.0 Å². The lowest BCUT2D eigenvalue weighted by Crippen LogP contribution is -2.28. The van der Waals surface area contributed by atoms with E-state index in [1.165, 1.54) is 11.6 Å². The van der Waals surface area contributed by atoms with Crippen molar-refractivity contribution in [3.63, 3.8) is 0 Å². The van der Waals surface area contributed by atoms with Gasteiger partial charge in [-0.05, 0) is 36.6 Å². The minimum Gasteiger partial charge on any atom is -0.332 e. The van der Waals surface area contributed by atoms with Crippen molar-refractivity contribution >= 4 is 21.8 Å². The Morgan fingerprint density at radius 3 is 3.06 bits per heavy atom. The third-order valence-electron chi connectivity index (χ3n) is 2.94. The molecule has 1 amide bonds. The quantitative estimate of drug-likeness (QED) is 0.761. The fraction of sp³-hybridized carbons (Fsp3) is 0.308. The fourth-order valence-corrected chi connectivity index (χ4v) is 2.63. The molecule has 1 aliphatic rings. The molecule has 2 rings (SSSR count).